The van der Waals surface area contributed by atoms with E-state index in [0.29, 0.717) is 27.7 Å². The second kappa shape index (κ2) is 7.83. The number of hydrogen-bond acceptors (Lipinski definition) is 4. The lowest BCUT2D eigenvalue weighted by molar-refractivity contribution is 0.558. The summed E-state index contributed by atoms with van der Waals surface area (Å²) in [7, 11) is 0. The normalized spacial score (nSPS) is 11.2. The Hall–Kier alpha value is -2.82. The standard InChI is InChI=1S/C17H13F2N5.ClH/c18-13(1-2-20)9-24-10-23-17-15(3-11(6-21)4-16(17)24)12-5-14(19)8-22-7-12;/h1,3-5,7-8,10H,2,9,20H2;1H/b13-1-;. The smallest absolute Gasteiger partial charge is 0.142 e. The molecule has 25 heavy (non-hydrogen) atoms. The van der Waals surface area contributed by atoms with Gasteiger partial charge >= 0.3 is 0 Å². The predicted molar refractivity (Wildman–Crippen MR) is 93.1 cm³/mol. The first-order valence-electron chi connectivity index (χ1n) is 7.17. The zero-order chi connectivity index (χ0) is 17.1. The van der Waals surface area contributed by atoms with Crippen LogP contribution in [0.3, 0.4) is 0 Å². The topological polar surface area (TPSA) is 80.5 Å². The summed E-state index contributed by atoms with van der Waals surface area (Å²) in [5.74, 6) is -0.882. The molecule has 3 aromatic rings. The van der Waals surface area contributed by atoms with Gasteiger partial charge in [0.05, 0.1) is 41.7 Å². The minimum absolute atomic E-state index is 0. The highest BCUT2D eigenvalue weighted by Crippen LogP contribution is 2.29. The molecule has 0 aliphatic carbocycles. The summed E-state index contributed by atoms with van der Waals surface area (Å²) >= 11 is 0. The molecule has 0 saturated carbocycles. The van der Waals surface area contributed by atoms with Gasteiger partial charge in [0.1, 0.15) is 11.6 Å². The van der Waals surface area contributed by atoms with Gasteiger partial charge in [-0.15, -0.1) is 12.4 Å². The number of imidazole rings is 1. The van der Waals surface area contributed by atoms with Crippen molar-refractivity contribution in [3.63, 3.8) is 0 Å². The maximum atomic E-state index is 13.8. The van der Waals surface area contributed by atoms with Crippen molar-refractivity contribution in [2.45, 2.75) is 6.54 Å². The SMILES string of the molecule is Cl.N#Cc1cc(-c2cncc(F)c2)c2ncn(C/C(F)=C/CN)c2c1. The second-order valence-electron chi connectivity index (χ2n) is 5.15. The maximum absolute atomic E-state index is 13.8. The van der Waals surface area contributed by atoms with Crippen LogP contribution in [0, 0.1) is 17.1 Å². The number of fused-ring (bicyclic) bond motifs is 1. The van der Waals surface area contributed by atoms with Crippen LogP contribution in [0.1, 0.15) is 5.56 Å². The largest absolute Gasteiger partial charge is 0.327 e. The third-order valence-electron chi connectivity index (χ3n) is 3.53. The molecule has 5 nitrogen and oxygen atoms in total. The van der Waals surface area contributed by atoms with E-state index in [1.54, 1.807) is 16.7 Å². The highest BCUT2D eigenvalue weighted by Gasteiger charge is 2.13. The summed E-state index contributed by atoms with van der Waals surface area (Å²) in [5, 5.41) is 9.25. The van der Waals surface area contributed by atoms with Crippen LogP contribution >= 0.6 is 12.4 Å². The molecule has 0 atom stereocenters. The fraction of sp³-hybridized carbons (Fsp3) is 0.118. The van der Waals surface area contributed by atoms with Gasteiger partial charge in [0.2, 0.25) is 0 Å². The van der Waals surface area contributed by atoms with Crippen molar-refractivity contribution in [1.82, 2.24) is 14.5 Å². The molecule has 0 radical (unpaired) electrons. The number of pyridine rings is 1. The van der Waals surface area contributed by atoms with Gasteiger partial charge in [0.25, 0.3) is 0 Å². The predicted octanol–water partition coefficient (Wildman–Crippen LogP) is 3.34. The highest BCUT2D eigenvalue weighted by molar-refractivity contribution is 5.93. The van der Waals surface area contributed by atoms with Crippen LogP contribution in [0.4, 0.5) is 8.78 Å². The Kier molecular flexibility index (Phi) is 5.80. The van der Waals surface area contributed by atoms with Crippen molar-refractivity contribution in [1.29, 1.82) is 5.26 Å². The molecular formula is C17H14ClF2N5. The molecule has 2 aromatic heterocycles. The molecule has 0 bridgehead atoms. The van der Waals surface area contributed by atoms with Gasteiger partial charge in [-0.25, -0.2) is 13.8 Å². The summed E-state index contributed by atoms with van der Waals surface area (Å²) in [4.78, 5) is 8.12. The van der Waals surface area contributed by atoms with Gasteiger partial charge in [-0.2, -0.15) is 5.26 Å². The number of nitrogens with two attached hydrogens (primary N) is 1. The quantitative estimate of drug-likeness (QED) is 0.772. The molecule has 128 valence electrons. The average Bonchev–Trinajstić information content (AvgIpc) is 2.97. The Bertz CT molecular complexity index is 975. The summed E-state index contributed by atoms with van der Waals surface area (Å²) in [6.45, 7) is 0.0611. The van der Waals surface area contributed by atoms with E-state index in [1.165, 1.54) is 24.7 Å². The van der Waals surface area contributed by atoms with E-state index in [0.717, 1.165) is 6.20 Å². The molecule has 2 N–H and O–H groups in total. The monoisotopic (exact) mass is 361 g/mol. The van der Waals surface area contributed by atoms with Crippen LogP contribution in [0.25, 0.3) is 22.2 Å². The van der Waals surface area contributed by atoms with Crippen LogP contribution in [0.15, 0.2) is 48.8 Å². The van der Waals surface area contributed by atoms with Crippen molar-refractivity contribution < 1.29 is 8.78 Å². The zero-order valence-corrected chi connectivity index (χ0v) is 13.8. The van der Waals surface area contributed by atoms with Gasteiger partial charge in [0, 0.05) is 23.9 Å². The lowest BCUT2D eigenvalue weighted by Gasteiger charge is -2.06. The molecule has 0 amide bonds. The van der Waals surface area contributed by atoms with Gasteiger partial charge in [-0.1, -0.05) is 0 Å². The lowest BCUT2D eigenvalue weighted by atomic mass is 10.0. The fourth-order valence-corrected chi connectivity index (χ4v) is 2.49. The van der Waals surface area contributed by atoms with Crippen LogP contribution in [0.5, 0.6) is 0 Å². The number of rotatable bonds is 4. The molecule has 0 spiro atoms. The van der Waals surface area contributed by atoms with Crippen LogP contribution in [-0.4, -0.2) is 21.1 Å². The molecule has 0 aliphatic heterocycles. The Morgan fingerprint density at radius 1 is 1.32 bits per heavy atom. The molecule has 0 fully saturated rings. The van der Waals surface area contributed by atoms with Crippen molar-refractivity contribution in [3.8, 4) is 17.2 Å². The lowest BCUT2D eigenvalue weighted by Crippen LogP contribution is -2.00. The minimum atomic E-state index is -0.487. The number of allylic oxidation sites excluding steroid dienone is 1. The second-order valence-corrected chi connectivity index (χ2v) is 5.15. The number of nitrogens with zero attached hydrogens (tertiary/aromatic N) is 4. The van der Waals surface area contributed by atoms with E-state index in [4.69, 9.17) is 5.73 Å². The molecule has 0 aliphatic rings. The number of benzene rings is 1. The van der Waals surface area contributed by atoms with E-state index in [1.807, 2.05) is 0 Å². The third-order valence-corrected chi connectivity index (χ3v) is 3.53. The van der Waals surface area contributed by atoms with Crippen molar-refractivity contribution in [2.24, 2.45) is 5.73 Å². The van der Waals surface area contributed by atoms with E-state index >= 15 is 0 Å². The van der Waals surface area contributed by atoms with Gasteiger partial charge in [0.15, 0.2) is 0 Å². The number of nitriles is 1. The zero-order valence-electron chi connectivity index (χ0n) is 13.0. The van der Waals surface area contributed by atoms with E-state index in [-0.39, 0.29) is 25.5 Å². The average molecular weight is 362 g/mol. The summed E-state index contributed by atoms with van der Waals surface area (Å²) in [6, 6.07) is 6.60. The van der Waals surface area contributed by atoms with Crippen LogP contribution < -0.4 is 5.73 Å². The van der Waals surface area contributed by atoms with Crippen molar-refractivity contribution in [2.75, 3.05) is 6.54 Å². The van der Waals surface area contributed by atoms with E-state index in [2.05, 4.69) is 16.0 Å². The first kappa shape index (κ1) is 18.5. The van der Waals surface area contributed by atoms with Gasteiger partial charge < -0.3 is 10.3 Å². The summed E-state index contributed by atoms with van der Waals surface area (Å²) in [6.07, 6.45) is 5.34. The molecule has 1 aromatic carbocycles. The molecular weight excluding hydrogens is 348 g/mol. The summed E-state index contributed by atoms with van der Waals surface area (Å²) < 4.78 is 28.8. The van der Waals surface area contributed by atoms with Crippen molar-refractivity contribution >= 4 is 23.4 Å². The number of aromatic nitrogens is 3. The van der Waals surface area contributed by atoms with Crippen LogP contribution in [-0.2, 0) is 6.54 Å². The Morgan fingerprint density at radius 3 is 2.80 bits per heavy atom. The third kappa shape index (κ3) is 3.82. The fourth-order valence-electron chi connectivity index (χ4n) is 2.49. The highest BCUT2D eigenvalue weighted by atomic mass is 35.5. The van der Waals surface area contributed by atoms with E-state index in [9.17, 15) is 14.0 Å². The Balaban J connectivity index is 0.00000225. The van der Waals surface area contributed by atoms with Gasteiger partial charge in [-0.05, 0) is 24.3 Å². The Morgan fingerprint density at radius 2 is 2.12 bits per heavy atom. The number of halogens is 3. The number of hydrogen-bond donors (Lipinski definition) is 1. The van der Waals surface area contributed by atoms with Crippen LogP contribution in [0.2, 0.25) is 0 Å². The first-order valence-corrected chi connectivity index (χ1v) is 7.17. The Labute approximate surface area is 148 Å². The molecule has 0 unspecified atom stereocenters. The molecule has 2 heterocycles. The van der Waals surface area contributed by atoms with Crippen molar-refractivity contribution in [3.05, 3.63) is 60.2 Å². The minimum Gasteiger partial charge on any atom is -0.327 e. The molecule has 8 heteroatoms. The summed E-state index contributed by atoms with van der Waals surface area (Å²) in [5.41, 5.74) is 7.86. The first-order chi connectivity index (χ1) is 11.6. The van der Waals surface area contributed by atoms with E-state index < -0.39 is 11.6 Å². The molecule has 0 saturated heterocycles. The molecule has 3 rings (SSSR count). The maximum Gasteiger partial charge on any atom is 0.142 e. The van der Waals surface area contributed by atoms with Gasteiger partial charge in [-0.3, -0.25) is 4.98 Å².